The van der Waals surface area contributed by atoms with Crippen LogP contribution in [-0.4, -0.2) is 25.5 Å². The Bertz CT molecular complexity index is 589. The topological polar surface area (TPSA) is 52.6 Å². The number of carbonyl (C=O) groups excluding carboxylic acids is 2. The molecule has 1 aliphatic rings. The molecule has 22 heavy (non-hydrogen) atoms. The smallest absolute Gasteiger partial charge is 0.345 e. The highest BCUT2D eigenvalue weighted by molar-refractivity contribution is 6.23. The van der Waals surface area contributed by atoms with Gasteiger partial charge in [0.2, 0.25) is 0 Å². The Labute approximate surface area is 128 Å². The van der Waals surface area contributed by atoms with Crippen LogP contribution in [0.15, 0.2) is 29.8 Å². The van der Waals surface area contributed by atoms with E-state index in [1.807, 2.05) is 6.92 Å². The highest BCUT2D eigenvalue weighted by atomic mass is 19.1. The quantitative estimate of drug-likeness (QED) is 0.619. The van der Waals surface area contributed by atoms with Crippen LogP contribution in [0.4, 0.5) is 4.39 Å². The molecule has 1 aromatic rings. The van der Waals surface area contributed by atoms with Gasteiger partial charge in [0, 0.05) is 5.56 Å². The van der Waals surface area contributed by atoms with Crippen LogP contribution >= 0.6 is 0 Å². The molecule has 2 rings (SSSR count). The van der Waals surface area contributed by atoms with E-state index in [9.17, 15) is 14.0 Å². The predicted molar refractivity (Wildman–Crippen MR) is 79.3 cm³/mol. The Balaban J connectivity index is 2.40. The average molecular weight is 306 g/mol. The molecule has 0 aromatic heterocycles. The fourth-order valence-electron chi connectivity index (χ4n) is 2.44. The van der Waals surface area contributed by atoms with Crippen LogP contribution in [0.5, 0.6) is 0 Å². The van der Waals surface area contributed by atoms with Crippen LogP contribution in [-0.2, 0) is 19.1 Å². The van der Waals surface area contributed by atoms with E-state index in [2.05, 4.69) is 0 Å². The van der Waals surface area contributed by atoms with Crippen molar-refractivity contribution in [2.45, 2.75) is 26.2 Å². The van der Waals surface area contributed by atoms with E-state index in [4.69, 9.17) is 9.47 Å². The van der Waals surface area contributed by atoms with Crippen LogP contribution in [0.3, 0.4) is 0 Å². The van der Waals surface area contributed by atoms with Crippen molar-refractivity contribution in [1.29, 1.82) is 0 Å². The third-order valence-corrected chi connectivity index (χ3v) is 3.68. The normalized spacial score (nSPS) is 18.1. The summed E-state index contributed by atoms with van der Waals surface area (Å²) in [4.78, 5) is 24.6. The summed E-state index contributed by atoms with van der Waals surface area (Å²) in [5, 5.41) is 0. The van der Waals surface area contributed by atoms with Gasteiger partial charge in [-0.25, -0.2) is 9.18 Å². The van der Waals surface area contributed by atoms with Crippen molar-refractivity contribution in [3.05, 3.63) is 41.2 Å². The van der Waals surface area contributed by atoms with Crippen molar-refractivity contribution in [2.24, 2.45) is 5.92 Å². The zero-order valence-electron chi connectivity index (χ0n) is 12.7. The minimum Gasteiger partial charge on any atom is -0.491 e. The van der Waals surface area contributed by atoms with Gasteiger partial charge in [0.1, 0.15) is 17.1 Å². The lowest BCUT2D eigenvalue weighted by atomic mass is 9.89. The zero-order valence-corrected chi connectivity index (χ0v) is 12.7. The molecular formula is C17H19FO4. The number of benzene rings is 1. The van der Waals surface area contributed by atoms with E-state index >= 15 is 0 Å². The Kier molecular flexibility index (Phi) is 5.31. The molecule has 4 nitrogen and oxygen atoms in total. The first kappa shape index (κ1) is 16.2. The molecule has 0 aliphatic carbocycles. The van der Waals surface area contributed by atoms with Crippen molar-refractivity contribution in [2.75, 3.05) is 13.7 Å². The van der Waals surface area contributed by atoms with Crippen molar-refractivity contribution < 1.29 is 23.5 Å². The molecule has 1 atom stereocenters. The van der Waals surface area contributed by atoms with Gasteiger partial charge in [0.05, 0.1) is 19.6 Å². The number of methoxy groups -OCH3 is 1. The summed E-state index contributed by atoms with van der Waals surface area (Å²) < 4.78 is 23.4. The zero-order chi connectivity index (χ0) is 16.1. The summed E-state index contributed by atoms with van der Waals surface area (Å²) in [6.07, 6.45) is 2.53. The van der Waals surface area contributed by atoms with Crippen LogP contribution in [0.25, 0.3) is 5.76 Å². The van der Waals surface area contributed by atoms with Gasteiger partial charge in [-0.1, -0.05) is 19.8 Å². The van der Waals surface area contributed by atoms with Gasteiger partial charge in [-0.15, -0.1) is 0 Å². The standard InChI is InChI=1S/C17H19FO4/c1-3-4-5-12-10-22-16(11-6-8-13(18)9-7-11)14(15(12)19)17(20)21-2/h6-9,12H,3-5,10H2,1-2H3. The highest BCUT2D eigenvalue weighted by Crippen LogP contribution is 2.31. The molecule has 0 bridgehead atoms. The number of ether oxygens (including phenoxy) is 2. The summed E-state index contributed by atoms with van der Waals surface area (Å²) >= 11 is 0. The number of hydrogen-bond donors (Lipinski definition) is 0. The average Bonchev–Trinajstić information content (AvgIpc) is 2.53. The maximum Gasteiger partial charge on any atom is 0.345 e. The maximum atomic E-state index is 13.0. The molecule has 118 valence electrons. The molecule has 0 spiro atoms. The minimum absolute atomic E-state index is 0.0820. The van der Waals surface area contributed by atoms with Gasteiger partial charge in [0.25, 0.3) is 0 Å². The second-order valence-corrected chi connectivity index (χ2v) is 5.22. The first-order valence-electron chi connectivity index (χ1n) is 7.34. The number of ketones is 1. The van der Waals surface area contributed by atoms with Crippen molar-refractivity contribution in [3.8, 4) is 0 Å². The van der Waals surface area contributed by atoms with Gasteiger partial charge >= 0.3 is 5.97 Å². The molecule has 0 N–H and O–H groups in total. The summed E-state index contributed by atoms with van der Waals surface area (Å²) in [6.45, 7) is 2.27. The van der Waals surface area contributed by atoms with Gasteiger partial charge in [-0.3, -0.25) is 4.79 Å². The molecule has 1 unspecified atom stereocenters. The van der Waals surface area contributed by atoms with Crippen molar-refractivity contribution in [3.63, 3.8) is 0 Å². The summed E-state index contributed by atoms with van der Waals surface area (Å²) in [6, 6.07) is 5.48. The number of halogens is 1. The van der Waals surface area contributed by atoms with E-state index in [-0.39, 0.29) is 29.6 Å². The molecule has 0 saturated carbocycles. The largest absolute Gasteiger partial charge is 0.491 e. The molecule has 5 heteroatoms. The van der Waals surface area contributed by atoms with Crippen LogP contribution in [0.1, 0.15) is 31.7 Å². The van der Waals surface area contributed by atoms with E-state index in [1.54, 1.807) is 0 Å². The van der Waals surface area contributed by atoms with E-state index in [0.29, 0.717) is 12.0 Å². The summed E-state index contributed by atoms with van der Waals surface area (Å²) in [5.74, 6) is -1.54. The van der Waals surface area contributed by atoms with Gasteiger partial charge in [-0.2, -0.15) is 0 Å². The molecule has 0 radical (unpaired) electrons. The lowest BCUT2D eigenvalue weighted by molar-refractivity contribution is -0.139. The lowest BCUT2D eigenvalue weighted by Crippen LogP contribution is -2.31. The first-order chi connectivity index (χ1) is 10.6. The maximum absolute atomic E-state index is 13.0. The molecule has 0 fully saturated rings. The number of Topliss-reactive ketones (excluding diaryl/α,β-unsaturated/α-hetero) is 1. The summed E-state index contributed by atoms with van der Waals surface area (Å²) in [7, 11) is 1.22. The number of rotatable bonds is 5. The van der Waals surface area contributed by atoms with Crippen LogP contribution in [0.2, 0.25) is 0 Å². The number of hydrogen-bond acceptors (Lipinski definition) is 4. The molecule has 0 amide bonds. The third kappa shape index (κ3) is 3.35. The van der Waals surface area contributed by atoms with Gasteiger partial charge in [0.15, 0.2) is 5.78 Å². The van der Waals surface area contributed by atoms with Crippen molar-refractivity contribution in [1.82, 2.24) is 0 Å². The van der Waals surface area contributed by atoms with Gasteiger partial charge < -0.3 is 9.47 Å². The molecule has 1 heterocycles. The predicted octanol–water partition coefficient (Wildman–Crippen LogP) is 3.12. The monoisotopic (exact) mass is 306 g/mol. The highest BCUT2D eigenvalue weighted by Gasteiger charge is 2.36. The van der Waals surface area contributed by atoms with Crippen LogP contribution < -0.4 is 0 Å². The minimum atomic E-state index is -0.717. The SMILES string of the molecule is CCCCC1COC(c2ccc(F)cc2)=C(C(=O)OC)C1=O. The Morgan fingerprint density at radius 1 is 1.36 bits per heavy atom. The van der Waals surface area contributed by atoms with E-state index in [0.717, 1.165) is 12.8 Å². The Morgan fingerprint density at radius 2 is 2.05 bits per heavy atom. The molecular weight excluding hydrogens is 287 g/mol. The number of unbranched alkanes of at least 4 members (excludes halogenated alkanes) is 1. The lowest BCUT2D eigenvalue weighted by Gasteiger charge is -2.25. The van der Waals surface area contributed by atoms with Crippen LogP contribution in [0, 0.1) is 11.7 Å². The van der Waals surface area contributed by atoms with E-state index < -0.39 is 11.8 Å². The first-order valence-corrected chi connectivity index (χ1v) is 7.34. The second kappa shape index (κ2) is 7.20. The number of carbonyl (C=O) groups is 2. The Hall–Kier alpha value is -2.17. The Morgan fingerprint density at radius 3 is 2.64 bits per heavy atom. The molecule has 0 saturated heterocycles. The van der Waals surface area contributed by atoms with E-state index in [1.165, 1.54) is 31.4 Å². The third-order valence-electron chi connectivity index (χ3n) is 3.68. The second-order valence-electron chi connectivity index (χ2n) is 5.22. The summed E-state index contributed by atoms with van der Waals surface area (Å²) in [5.41, 5.74) is 0.408. The molecule has 1 aromatic carbocycles. The fraction of sp³-hybridized carbons (Fsp3) is 0.412. The van der Waals surface area contributed by atoms with Gasteiger partial charge in [-0.05, 0) is 30.7 Å². The fourth-order valence-corrected chi connectivity index (χ4v) is 2.44. The molecule has 1 aliphatic heterocycles. The van der Waals surface area contributed by atoms with Crippen molar-refractivity contribution >= 4 is 17.5 Å². The number of esters is 1.